The Morgan fingerprint density at radius 3 is 2.78 bits per heavy atom. The summed E-state index contributed by atoms with van der Waals surface area (Å²) in [5.41, 5.74) is 2.55. The molecule has 1 amide bonds. The van der Waals surface area contributed by atoms with Crippen LogP contribution in [0.4, 0.5) is 5.13 Å². The molecule has 0 saturated carbocycles. The minimum Gasteiger partial charge on any atom is -0.337 e. The molecule has 0 spiro atoms. The molecule has 0 aliphatic rings. The lowest BCUT2D eigenvalue weighted by Crippen LogP contribution is -2.32. The molecule has 0 saturated heterocycles. The predicted molar refractivity (Wildman–Crippen MR) is 132 cm³/mol. The summed E-state index contributed by atoms with van der Waals surface area (Å²) in [6, 6.07) is 17.7. The molecule has 5 aromatic rings. The first-order chi connectivity index (χ1) is 15.6. The molecule has 2 heterocycles. The van der Waals surface area contributed by atoms with Gasteiger partial charge in [-0.25, -0.2) is 9.97 Å². The second kappa shape index (κ2) is 8.73. The number of carbonyl (C=O) groups is 1. The number of fused-ring (bicyclic) bond motifs is 2. The number of thiazole rings is 1. The molecule has 2 aromatic heterocycles. The van der Waals surface area contributed by atoms with Crippen molar-refractivity contribution in [1.29, 1.82) is 0 Å². The number of rotatable bonds is 6. The van der Waals surface area contributed by atoms with Gasteiger partial charge in [-0.15, -0.1) is 0 Å². The summed E-state index contributed by atoms with van der Waals surface area (Å²) in [5.74, 6) is -0.0517. The minimum atomic E-state index is -0.0517. The second-order valence-corrected chi connectivity index (χ2v) is 9.18. The predicted octanol–water partition coefficient (Wildman–Crippen LogP) is 6.34. The molecular formula is C25H21ClN4OS. The number of benzene rings is 3. The fraction of sp³-hybridized carbons (Fsp3) is 0.160. The zero-order valence-corrected chi connectivity index (χ0v) is 19.1. The van der Waals surface area contributed by atoms with E-state index in [0.717, 1.165) is 39.5 Å². The van der Waals surface area contributed by atoms with E-state index in [1.165, 1.54) is 11.3 Å². The lowest BCUT2D eigenvalue weighted by molar-refractivity contribution is 0.0986. The normalized spacial score (nSPS) is 11.3. The van der Waals surface area contributed by atoms with E-state index in [4.69, 9.17) is 16.6 Å². The van der Waals surface area contributed by atoms with E-state index in [9.17, 15) is 4.79 Å². The van der Waals surface area contributed by atoms with Crippen molar-refractivity contribution in [2.75, 3.05) is 11.4 Å². The Hall–Kier alpha value is -3.22. The van der Waals surface area contributed by atoms with Crippen LogP contribution in [0.1, 0.15) is 22.3 Å². The van der Waals surface area contributed by atoms with Gasteiger partial charge in [0.25, 0.3) is 5.91 Å². The van der Waals surface area contributed by atoms with Gasteiger partial charge in [-0.3, -0.25) is 9.69 Å². The van der Waals surface area contributed by atoms with E-state index < -0.39 is 0 Å². The number of aryl methyl sites for hydroxylation is 2. The van der Waals surface area contributed by atoms with Crippen LogP contribution in [0.25, 0.3) is 21.0 Å². The molecule has 0 atom stereocenters. The van der Waals surface area contributed by atoms with E-state index >= 15 is 0 Å². The van der Waals surface area contributed by atoms with Crippen LogP contribution in [-0.4, -0.2) is 27.0 Å². The fourth-order valence-corrected chi connectivity index (χ4v) is 5.30. The number of hydrogen-bond donors (Lipinski definition) is 0. The molecule has 0 radical (unpaired) electrons. The highest BCUT2D eigenvalue weighted by Gasteiger charge is 2.22. The molecule has 0 N–H and O–H groups in total. The molecule has 0 aliphatic carbocycles. The van der Waals surface area contributed by atoms with Gasteiger partial charge in [0.05, 0.1) is 16.5 Å². The lowest BCUT2D eigenvalue weighted by atomic mass is 10.1. The summed E-state index contributed by atoms with van der Waals surface area (Å²) in [7, 11) is 0. The molecule has 32 heavy (non-hydrogen) atoms. The second-order valence-electron chi connectivity index (χ2n) is 7.74. The van der Waals surface area contributed by atoms with Crippen LogP contribution < -0.4 is 4.90 Å². The van der Waals surface area contributed by atoms with Crippen molar-refractivity contribution in [1.82, 2.24) is 14.5 Å². The molecule has 7 heteroatoms. The van der Waals surface area contributed by atoms with Crippen molar-refractivity contribution in [3.63, 3.8) is 0 Å². The highest BCUT2D eigenvalue weighted by molar-refractivity contribution is 7.22. The van der Waals surface area contributed by atoms with E-state index in [1.807, 2.05) is 72.3 Å². The van der Waals surface area contributed by atoms with Crippen LogP contribution >= 0.6 is 22.9 Å². The number of anilines is 1. The van der Waals surface area contributed by atoms with Crippen molar-refractivity contribution < 1.29 is 4.79 Å². The zero-order chi connectivity index (χ0) is 22.1. The van der Waals surface area contributed by atoms with Crippen molar-refractivity contribution >= 4 is 55.0 Å². The number of amides is 1. The van der Waals surface area contributed by atoms with Gasteiger partial charge in [0.1, 0.15) is 0 Å². The number of imidazole rings is 1. The Bertz CT molecular complexity index is 1410. The fourth-order valence-electron chi connectivity index (χ4n) is 3.85. The molecule has 5 rings (SSSR count). The van der Waals surface area contributed by atoms with E-state index in [1.54, 1.807) is 17.4 Å². The number of hydrogen-bond acceptors (Lipinski definition) is 4. The summed E-state index contributed by atoms with van der Waals surface area (Å²) in [6.45, 7) is 3.32. The molecule has 0 unspecified atom stereocenters. The van der Waals surface area contributed by atoms with E-state index in [0.29, 0.717) is 22.3 Å². The largest absolute Gasteiger partial charge is 0.337 e. The lowest BCUT2D eigenvalue weighted by Gasteiger charge is -2.20. The van der Waals surface area contributed by atoms with Crippen molar-refractivity contribution in [3.05, 3.63) is 89.5 Å². The maximum atomic E-state index is 13.7. The van der Waals surface area contributed by atoms with Crippen LogP contribution in [0.3, 0.4) is 0 Å². The number of halogens is 1. The maximum absolute atomic E-state index is 13.7. The average molecular weight is 461 g/mol. The van der Waals surface area contributed by atoms with Gasteiger partial charge >= 0.3 is 0 Å². The van der Waals surface area contributed by atoms with Crippen molar-refractivity contribution in [3.8, 4) is 0 Å². The van der Waals surface area contributed by atoms with Gasteiger partial charge in [0.2, 0.25) is 0 Å². The quantitative estimate of drug-likeness (QED) is 0.297. The molecule has 0 bridgehead atoms. The summed E-state index contributed by atoms with van der Waals surface area (Å²) < 4.78 is 3.00. The minimum absolute atomic E-state index is 0.0517. The number of nitrogens with zero attached hydrogens (tertiary/aromatic N) is 4. The first kappa shape index (κ1) is 20.7. The van der Waals surface area contributed by atoms with Crippen LogP contribution in [0.5, 0.6) is 0 Å². The maximum Gasteiger partial charge on any atom is 0.260 e. The van der Waals surface area contributed by atoms with Crippen LogP contribution in [-0.2, 0) is 6.54 Å². The Balaban J connectivity index is 1.50. The van der Waals surface area contributed by atoms with Gasteiger partial charge in [-0.05, 0) is 53.9 Å². The Kier molecular flexibility index (Phi) is 5.64. The molecule has 5 nitrogen and oxygen atoms in total. The van der Waals surface area contributed by atoms with Gasteiger partial charge in [-0.1, -0.05) is 53.3 Å². The van der Waals surface area contributed by atoms with Crippen molar-refractivity contribution in [2.45, 2.75) is 19.9 Å². The van der Waals surface area contributed by atoms with Crippen molar-refractivity contribution in [2.24, 2.45) is 0 Å². The van der Waals surface area contributed by atoms with Gasteiger partial charge in [-0.2, -0.15) is 0 Å². The van der Waals surface area contributed by atoms with Crippen LogP contribution in [0, 0.1) is 6.92 Å². The summed E-state index contributed by atoms with van der Waals surface area (Å²) in [4.78, 5) is 24.4. The van der Waals surface area contributed by atoms with Gasteiger partial charge < -0.3 is 4.57 Å². The Morgan fingerprint density at radius 2 is 1.97 bits per heavy atom. The molecule has 160 valence electrons. The standard InChI is InChI=1S/C25H21ClN4OS/c1-17-13-21(26)15-22-23(17)28-25(32-22)30(11-4-10-29-12-9-27-16-29)24(31)20-8-7-18-5-2-3-6-19(18)14-20/h2-3,5-9,12-16H,4,10-11H2,1H3. The molecular weight excluding hydrogens is 440 g/mol. The van der Waals surface area contributed by atoms with E-state index in [2.05, 4.69) is 4.98 Å². The van der Waals surface area contributed by atoms with Crippen LogP contribution in [0.2, 0.25) is 5.02 Å². The monoisotopic (exact) mass is 460 g/mol. The number of aromatic nitrogens is 3. The van der Waals surface area contributed by atoms with E-state index in [-0.39, 0.29) is 5.91 Å². The Labute approximate surface area is 194 Å². The topological polar surface area (TPSA) is 51.0 Å². The smallest absolute Gasteiger partial charge is 0.260 e. The summed E-state index contributed by atoms with van der Waals surface area (Å²) >= 11 is 7.76. The van der Waals surface area contributed by atoms with Crippen LogP contribution in [0.15, 0.2) is 73.3 Å². The molecule has 0 fully saturated rings. The highest BCUT2D eigenvalue weighted by Crippen LogP contribution is 2.34. The third kappa shape index (κ3) is 4.11. The highest BCUT2D eigenvalue weighted by atomic mass is 35.5. The average Bonchev–Trinajstić information content (AvgIpc) is 3.46. The first-order valence-corrected chi connectivity index (χ1v) is 11.6. The summed E-state index contributed by atoms with van der Waals surface area (Å²) in [6.07, 6.45) is 6.26. The first-order valence-electron chi connectivity index (χ1n) is 10.4. The SMILES string of the molecule is Cc1cc(Cl)cc2sc(N(CCCn3ccnc3)C(=O)c3ccc4ccccc4c3)nc12. The number of carbonyl (C=O) groups excluding carboxylic acids is 1. The van der Waals surface area contributed by atoms with Gasteiger partial charge in [0.15, 0.2) is 5.13 Å². The molecule has 3 aromatic carbocycles. The summed E-state index contributed by atoms with van der Waals surface area (Å²) in [5, 5.41) is 3.52. The third-order valence-corrected chi connectivity index (χ3v) is 6.71. The third-order valence-electron chi connectivity index (χ3n) is 5.47. The molecule has 0 aliphatic heterocycles. The van der Waals surface area contributed by atoms with Gasteiger partial charge in [0, 0.05) is 36.1 Å². The zero-order valence-electron chi connectivity index (χ0n) is 17.5. The Morgan fingerprint density at radius 1 is 1.12 bits per heavy atom.